The second kappa shape index (κ2) is 6.04. The van der Waals surface area contributed by atoms with E-state index in [9.17, 15) is 8.78 Å². The van der Waals surface area contributed by atoms with Crippen molar-refractivity contribution in [1.82, 2.24) is 4.98 Å². The standard InChI is InChI=1S/C13H12BrF2N3O/c1-2-20-13-10(17)3-4-11(19-13)18-12-8(15)5-7(14)6-9(12)16/h3-6H,2,17H2,1H3,(H,18,19). The molecule has 4 nitrogen and oxygen atoms in total. The Hall–Kier alpha value is -1.89. The summed E-state index contributed by atoms with van der Waals surface area (Å²) >= 11 is 3.01. The Morgan fingerprint density at radius 1 is 1.30 bits per heavy atom. The number of rotatable bonds is 4. The van der Waals surface area contributed by atoms with Crippen molar-refractivity contribution in [3.8, 4) is 5.88 Å². The monoisotopic (exact) mass is 343 g/mol. The molecule has 2 rings (SSSR count). The molecule has 0 spiro atoms. The number of nitrogen functional groups attached to an aromatic ring is 1. The third kappa shape index (κ3) is 3.16. The number of hydrogen-bond donors (Lipinski definition) is 2. The second-order valence-electron chi connectivity index (χ2n) is 3.89. The number of aromatic nitrogens is 1. The number of nitrogens with one attached hydrogen (secondary N) is 1. The molecule has 1 heterocycles. The molecule has 0 aliphatic rings. The Bertz CT molecular complexity index is 614. The Morgan fingerprint density at radius 3 is 2.55 bits per heavy atom. The molecule has 3 N–H and O–H groups in total. The predicted molar refractivity (Wildman–Crippen MR) is 77.2 cm³/mol. The molecule has 0 atom stereocenters. The van der Waals surface area contributed by atoms with E-state index >= 15 is 0 Å². The van der Waals surface area contributed by atoms with E-state index < -0.39 is 11.6 Å². The van der Waals surface area contributed by atoms with Crippen LogP contribution in [0, 0.1) is 11.6 Å². The first-order valence-corrected chi connectivity index (χ1v) is 6.61. The van der Waals surface area contributed by atoms with E-state index in [2.05, 4.69) is 26.2 Å². The van der Waals surface area contributed by atoms with Crippen molar-refractivity contribution in [2.75, 3.05) is 17.7 Å². The fraction of sp³-hybridized carbons (Fsp3) is 0.154. The molecule has 0 bridgehead atoms. The van der Waals surface area contributed by atoms with Gasteiger partial charge >= 0.3 is 0 Å². The molecule has 0 amide bonds. The predicted octanol–water partition coefficient (Wildman–Crippen LogP) is 3.85. The SMILES string of the molecule is CCOc1nc(Nc2c(F)cc(Br)cc2F)ccc1N. The summed E-state index contributed by atoms with van der Waals surface area (Å²) in [5, 5.41) is 2.58. The average molecular weight is 344 g/mol. The highest BCUT2D eigenvalue weighted by atomic mass is 79.9. The molecule has 20 heavy (non-hydrogen) atoms. The maximum absolute atomic E-state index is 13.7. The quantitative estimate of drug-likeness (QED) is 0.885. The molecule has 0 radical (unpaired) electrons. The van der Waals surface area contributed by atoms with Crippen LogP contribution < -0.4 is 15.8 Å². The van der Waals surface area contributed by atoms with E-state index in [-0.39, 0.29) is 17.4 Å². The van der Waals surface area contributed by atoms with Crippen LogP contribution in [0.15, 0.2) is 28.7 Å². The first-order chi connectivity index (χ1) is 9.51. The lowest BCUT2D eigenvalue weighted by Gasteiger charge is -2.11. The van der Waals surface area contributed by atoms with Gasteiger partial charge in [-0.1, -0.05) is 15.9 Å². The number of halogens is 3. The normalized spacial score (nSPS) is 10.4. The highest BCUT2D eigenvalue weighted by molar-refractivity contribution is 9.10. The van der Waals surface area contributed by atoms with E-state index in [0.717, 1.165) is 12.1 Å². The molecule has 0 aliphatic carbocycles. The topological polar surface area (TPSA) is 60.2 Å². The van der Waals surface area contributed by atoms with E-state index in [0.29, 0.717) is 16.8 Å². The summed E-state index contributed by atoms with van der Waals surface area (Å²) in [7, 11) is 0. The number of anilines is 3. The number of nitrogens with two attached hydrogens (primary N) is 1. The van der Waals surface area contributed by atoms with Gasteiger partial charge in [0.05, 0.1) is 12.3 Å². The minimum Gasteiger partial charge on any atom is -0.476 e. The minimum absolute atomic E-state index is 0.218. The summed E-state index contributed by atoms with van der Waals surface area (Å²) in [5.74, 6) is -1.000. The molecule has 0 fully saturated rings. The molecular weight excluding hydrogens is 332 g/mol. The summed E-state index contributed by atoms with van der Waals surface area (Å²) in [6.07, 6.45) is 0. The van der Waals surface area contributed by atoms with Gasteiger partial charge in [-0.25, -0.2) is 8.78 Å². The van der Waals surface area contributed by atoms with E-state index in [1.165, 1.54) is 6.07 Å². The van der Waals surface area contributed by atoms with Crippen molar-refractivity contribution in [3.05, 3.63) is 40.4 Å². The summed E-state index contributed by atoms with van der Waals surface area (Å²) in [5.41, 5.74) is 5.75. The van der Waals surface area contributed by atoms with Crippen LogP contribution in [0.1, 0.15) is 6.92 Å². The first-order valence-electron chi connectivity index (χ1n) is 5.82. The third-order valence-electron chi connectivity index (χ3n) is 2.43. The zero-order valence-electron chi connectivity index (χ0n) is 10.6. The smallest absolute Gasteiger partial charge is 0.239 e. The van der Waals surface area contributed by atoms with Crippen molar-refractivity contribution in [3.63, 3.8) is 0 Å². The van der Waals surface area contributed by atoms with Gasteiger partial charge in [-0.05, 0) is 31.2 Å². The molecule has 1 aromatic carbocycles. The Balaban J connectivity index is 2.33. The van der Waals surface area contributed by atoms with Gasteiger partial charge in [0.15, 0.2) is 11.6 Å². The van der Waals surface area contributed by atoms with Crippen molar-refractivity contribution in [2.45, 2.75) is 6.92 Å². The fourth-order valence-corrected chi connectivity index (χ4v) is 1.96. The first kappa shape index (κ1) is 14.5. The lowest BCUT2D eigenvalue weighted by atomic mass is 10.3. The molecule has 0 unspecified atom stereocenters. The number of hydrogen-bond acceptors (Lipinski definition) is 4. The summed E-state index contributed by atoms with van der Waals surface area (Å²) in [4.78, 5) is 4.06. The van der Waals surface area contributed by atoms with Gasteiger partial charge in [0.1, 0.15) is 11.5 Å². The van der Waals surface area contributed by atoms with Gasteiger partial charge in [-0.15, -0.1) is 0 Å². The van der Waals surface area contributed by atoms with Crippen LogP contribution in [0.25, 0.3) is 0 Å². The molecule has 0 saturated carbocycles. The Kier molecular flexibility index (Phi) is 4.39. The van der Waals surface area contributed by atoms with Crippen LogP contribution in [0.3, 0.4) is 0 Å². The van der Waals surface area contributed by atoms with Crippen LogP contribution in [0.4, 0.5) is 26.0 Å². The van der Waals surface area contributed by atoms with Gasteiger partial charge in [-0.3, -0.25) is 0 Å². The van der Waals surface area contributed by atoms with Gasteiger partial charge in [0, 0.05) is 4.47 Å². The lowest BCUT2D eigenvalue weighted by Crippen LogP contribution is -2.04. The molecule has 7 heteroatoms. The maximum atomic E-state index is 13.7. The molecule has 0 saturated heterocycles. The highest BCUT2D eigenvalue weighted by Crippen LogP contribution is 2.28. The van der Waals surface area contributed by atoms with Crippen LogP contribution in [0.2, 0.25) is 0 Å². The van der Waals surface area contributed by atoms with Crippen LogP contribution in [0.5, 0.6) is 5.88 Å². The van der Waals surface area contributed by atoms with Crippen LogP contribution >= 0.6 is 15.9 Å². The van der Waals surface area contributed by atoms with E-state index in [4.69, 9.17) is 10.5 Å². The number of ether oxygens (including phenoxy) is 1. The number of nitrogens with zero attached hydrogens (tertiary/aromatic N) is 1. The maximum Gasteiger partial charge on any atom is 0.239 e. The zero-order valence-corrected chi connectivity index (χ0v) is 12.2. The molecule has 1 aromatic heterocycles. The van der Waals surface area contributed by atoms with E-state index in [1.807, 2.05) is 0 Å². The van der Waals surface area contributed by atoms with Crippen LogP contribution in [-0.2, 0) is 0 Å². The molecular formula is C13H12BrF2N3O. The van der Waals surface area contributed by atoms with Gasteiger partial charge in [0.2, 0.25) is 5.88 Å². The van der Waals surface area contributed by atoms with Crippen molar-refractivity contribution in [2.24, 2.45) is 0 Å². The molecule has 0 aliphatic heterocycles. The van der Waals surface area contributed by atoms with Crippen molar-refractivity contribution in [1.29, 1.82) is 0 Å². The fourth-order valence-electron chi connectivity index (χ4n) is 1.56. The van der Waals surface area contributed by atoms with Crippen molar-refractivity contribution >= 4 is 33.1 Å². The van der Waals surface area contributed by atoms with Gasteiger partial charge in [-0.2, -0.15) is 4.98 Å². The van der Waals surface area contributed by atoms with E-state index in [1.54, 1.807) is 13.0 Å². The largest absolute Gasteiger partial charge is 0.476 e. The average Bonchev–Trinajstić information content (AvgIpc) is 2.37. The summed E-state index contributed by atoms with van der Waals surface area (Å²) in [6, 6.07) is 5.38. The number of pyridine rings is 1. The lowest BCUT2D eigenvalue weighted by molar-refractivity contribution is 0.329. The zero-order chi connectivity index (χ0) is 14.7. The molecule has 106 valence electrons. The summed E-state index contributed by atoms with van der Waals surface area (Å²) < 4.78 is 33.0. The second-order valence-corrected chi connectivity index (χ2v) is 4.81. The van der Waals surface area contributed by atoms with Crippen molar-refractivity contribution < 1.29 is 13.5 Å². The summed E-state index contributed by atoms with van der Waals surface area (Å²) in [6.45, 7) is 2.18. The van der Waals surface area contributed by atoms with Gasteiger partial charge < -0.3 is 15.8 Å². The van der Waals surface area contributed by atoms with Crippen LogP contribution in [-0.4, -0.2) is 11.6 Å². The minimum atomic E-state index is -0.728. The van der Waals surface area contributed by atoms with Gasteiger partial charge in [0.25, 0.3) is 0 Å². The highest BCUT2D eigenvalue weighted by Gasteiger charge is 2.12. The third-order valence-corrected chi connectivity index (χ3v) is 2.89. The Morgan fingerprint density at radius 2 is 1.95 bits per heavy atom. The Labute approximate surface area is 123 Å². The number of benzene rings is 1. The molecule has 2 aromatic rings.